The van der Waals surface area contributed by atoms with E-state index >= 15 is 0 Å². The summed E-state index contributed by atoms with van der Waals surface area (Å²) < 4.78 is 15.5. The van der Waals surface area contributed by atoms with Crippen LogP contribution in [0.15, 0.2) is 61.1 Å². The lowest BCUT2D eigenvalue weighted by atomic mass is 10.1. The monoisotopic (exact) mass is 408 g/mol. The summed E-state index contributed by atoms with van der Waals surface area (Å²) in [6.07, 6.45) is 5.55. The SMILES string of the molecule is Cn1cc(CCNC(=O)c2cnc(-c3ccc(Cl)cc3)nc2)c2cc(F)ccc21. The lowest BCUT2D eigenvalue weighted by molar-refractivity contribution is 0.0953. The molecule has 0 fully saturated rings. The number of nitrogens with one attached hydrogen (secondary N) is 1. The minimum Gasteiger partial charge on any atom is -0.352 e. The van der Waals surface area contributed by atoms with Crippen LogP contribution in [0.1, 0.15) is 15.9 Å². The highest BCUT2D eigenvalue weighted by molar-refractivity contribution is 6.30. The molecule has 0 aliphatic rings. The number of benzene rings is 2. The van der Waals surface area contributed by atoms with E-state index in [9.17, 15) is 9.18 Å². The molecule has 0 spiro atoms. The van der Waals surface area contributed by atoms with Crippen molar-refractivity contribution in [1.29, 1.82) is 0 Å². The van der Waals surface area contributed by atoms with Crippen molar-refractivity contribution < 1.29 is 9.18 Å². The maximum atomic E-state index is 13.6. The van der Waals surface area contributed by atoms with Gasteiger partial charge in [0.15, 0.2) is 5.82 Å². The van der Waals surface area contributed by atoms with Gasteiger partial charge in [0, 0.05) is 53.7 Å². The first-order chi connectivity index (χ1) is 14.0. The minimum absolute atomic E-state index is 0.251. The summed E-state index contributed by atoms with van der Waals surface area (Å²) in [5, 5.41) is 4.36. The van der Waals surface area contributed by atoms with Gasteiger partial charge in [0.05, 0.1) is 5.56 Å². The average Bonchev–Trinajstić information content (AvgIpc) is 3.03. The van der Waals surface area contributed by atoms with Gasteiger partial charge in [0.25, 0.3) is 5.91 Å². The Morgan fingerprint density at radius 2 is 1.86 bits per heavy atom. The first-order valence-corrected chi connectivity index (χ1v) is 9.49. The van der Waals surface area contributed by atoms with Crippen molar-refractivity contribution in [2.75, 3.05) is 6.54 Å². The van der Waals surface area contributed by atoms with Crippen LogP contribution >= 0.6 is 11.6 Å². The molecule has 0 unspecified atom stereocenters. The molecule has 29 heavy (non-hydrogen) atoms. The number of rotatable bonds is 5. The molecule has 0 saturated heterocycles. The molecule has 4 aromatic rings. The van der Waals surface area contributed by atoms with E-state index in [4.69, 9.17) is 11.6 Å². The topological polar surface area (TPSA) is 59.8 Å². The average molecular weight is 409 g/mol. The maximum Gasteiger partial charge on any atom is 0.254 e. The van der Waals surface area contributed by atoms with Crippen LogP contribution in [0.4, 0.5) is 4.39 Å². The Morgan fingerprint density at radius 3 is 2.59 bits per heavy atom. The number of aryl methyl sites for hydroxylation is 1. The van der Waals surface area contributed by atoms with Crippen molar-refractivity contribution in [2.45, 2.75) is 6.42 Å². The molecule has 7 heteroatoms. The second kappa shape index (κ2) is 8.01. The van der Waals surface area contributed by atoms with Gasteiger partial charge in [-0.2, -0.15) is 0 Å². The van der Waals surface area contributed by atoms with Crippen LogP contribution in [0.3, 0.4) is 0 Å². The summed E-state index contributed by atoms with van der Waals surface area (Å²) in [7, 11) is 1.92. The van der Waals surface area contributed by atoms with Crippen LogP contribution in [0, 0.1) is 5.82 Å². The Bertz CT molecular complexity index is 1170. The maximum absolute atomic E-state index is 13.6. The molecule has 2 aromatic heterocycles. The summed E-state index contributed by atoms with van der Waals surface area (Å²) in [5.41, 5.74) is 3.15. The molecule has 1 N–H and O–H groups in total. The van der Waals surface area contributed by atoms with E-state index in [0.717, 1.165) is 22.0 Å². The molecule has 0 saturated carbocycles. The van der Waals surface area contributed by atoms with Gasteiger partial charge >= 0.3 is 0 Å². The van der Waals surface area contributed by atoms with Crippen molar-refractivity contribution in [3.63, 3.8) is 0 Å². The third kappa shape index (κ3) is 4.12. The summed E-state index contributed by atoms with van der Waals surface area (Å²) in [4.78, 5) is 20.9. The van der Waals surface area contributed by atoms with Crippen LogP contribution in [-0.2, 0) is 13.5 Å². The Balaban J connectivity index is 1.40. The zero-order valence-corrected chi connectivity index (χ0v) is 16.4. The standard InChI is InChI=1S/C22H18ClFN4O/c1-28-13-15(19-10-18(24)6-7-20(19)28)8-9-25-22(29)16-11-26-21(27-12-16)14-2-4-17(23)5-3-14/h2-7,10-13H,8-9H2,1H3,(H,25,29). The van der Waals surface area contributed by atoms with Gasteiger partial charge in [-0.25, -0.2) is 14.4 Å². The Hall–Kier alpha value is -3.25. The lowest BCUT2D eigenvalue weighted by Gasteiger charge is -2.06. The van der Waals surface area contributed by atoms with E-state index in [0.29, 0.717) is 29.4 Å². The molecule has 5 nitrogen and oxygen atoms in total. The van der Waals surface area contributed by atoms with Crippen molar-refractivity contribution in [2.24, 2.45) is 7.05 Å². The first-order valence-electron chi connectivity index (χ1n) is 9.11. The minimum atomic E-state index is -0.271. The molecule has 2 heterocycles. The molecule has 0 aliphatic carbocycles. The van der Waals surface area contributed by atoms with Gasteiger partial charge < -0.3 is 9.88 Å². The van der Waals surface area contributed by atoms with Gasteiger partial charge in [-0.05, 0) is 54.4 Å². The normalized spacial score (nSPS) is 11.0. The predicted octanol–water partition coefficient (Wildman–Crippen LogP) is 4.40. The van der Waals surface area contributed by atoms with E-state index in [1.54, 1.807) is 18.2 Å². The first kappa shape index (κ1) is 19.1. The number of hydrogen-bond donors (Lipinski definition) is 1. The third-order valence-electron chi connectivity index (χ3n) is 4.73. The number of nitrogens with zero attached hydrogens (tertiary/aromatic N) is 3. The zero-order chi connectivity index (χ0) is 20.4. The fraction of sp³-hybridized carbons (Fsp3) is 0.136. The highest BCUT2D eigenvalue weighted by Gasteiger charge is 2.10. The molecular formula is C22H18ClFN4O. The summed E-state index contributed by atoms with van der Waals surface area (Å²) in [6, 6.07) is 11.9. The molecule has 0 bridgehead atoms. The number of carbonyl (C=O) groups excluding carboxylic acids is 1. The number of amides is 1. The molecule has 146 valence electrons. The largest absolute Gasteiger partial charge is 0.352 e. The van der Waals surface area contributed by atoms with E-state index in [2.05, 4.69) is 15.3 Å². The fourth-order valence-electron chi connectivity index (χ4n) is 3.25. The van der Waals surface area contributed by atoms with E-state index in [1.165, 1.54) is 24.5 Å². The van der Waals surface area contributed by atoms with Crippen LogP contribution in [0.5, 0.6) is 0 Å². The third-order valence-corrected chi connectivity index (χ3v) is 4.98. The molecule has 0 radical (unpaired) electrons. The lowest BCUT2D eigenvalue weighted by Crippen LogP contribution is -2.26. The molecule has 0 atom stereocenters. The van der Waals surface area contributed by atoms with Crippen LogP contribution in [-0.4, -0.2) is 27.0 Å². The quantitative estimate of drug-likeness (QED) is 0.532. The van der Waals surface area contributed by atoms with E-state index < -0.39 is 0 Å². The van der Waals surface area contributed by atoms with Gasteiger partial charge in [0.1, 0.15) is 5.82 Å². The highest BCUT2D eigenvalue weighted by Crippen LogP contribution is 2.22. The summed E-state index contributed by atoms with van der Waals surface area (Å²) in [5.74, 6) is 0.00184. The number of carbonyl (C=O) groups is 1. The molecule has 2 aromatic carbocycles. The summed E-state index contributed by atoms with van der Waals surface area (Å²) >= 11 is 5.89. The molecule has 0 aliphatic heterocycles. The number of hydrogen-bond acceptors (Lipinski definition) is 3. The number of fused-ring (bicyclic) bond motifs is 1. The fourth-order valence-corrected chi connectivity index (χ4v) is 3.38. The van der Waals surface area contributed by atoms with Gasteiger partial charge in [-0.1, -0.05) is 11.6 Å². The Morgan fingerprint density at radius 1 is 1.14 bits per heavy atom. The molecular weight excluding hydrogens is 391 g/mol. The van der Waals surface area contributed by atoms with Crippen LogP contribution in [0.25, 0.3) is 22.3 Å². The van der Waals surface area contributed by atoms with E-state index in [-0.39, 0.29) is 11.7 Å². The molecule has 1 amide bonds. The van der Waals surface area contributed by atoms with Crippen LogP contribution in [0.2, 0.25) is 5.02 Å². The molecule has 4 rings (SSSR count). The highest BCUT2D eigenvalue weighted by atomic mass is 35.5. The number of halogens is 2. The van der Waals surface area contributed by atoms with Crippen LogP contribution < -0.4 is 5.32 Å². The summed E-state index contributed by atoms with van der Waals surface area (Å²) in [6.45, 7) is 0.424. The number of aromatic nitrogens is 3. The zero-order valence-electron chi connectivity index (χ0n) is 15.7. The van der Waals surface area contributed by atoms with E-state index in [1.807, 2.05) is 29.9 Å². The Labute approximate surface area is 172 Å². The second-order valence-corrected chi connectivity index (χ2v) is 7.17. The smallest absolute Gasteiger partial charge is 0.254 e. The van der Waals surface area contributed by atoms with Crippen molar-refractivity contribution in [3.8, 4) is 11.4 Å². The van der Waals surface area contributed by atoms with Gasteiger partial charge in [-0.15, -0.1) is 0 Å². The van der Waals surface area contributed by atoms with Crippen molar-refractivity contribution in [3.05, 3.63) is 83.0 Å². The van der Waals surface area contributed by atoms with Crippen molar-refractivity contribution >= 4 is 28.4 Å². The Kier molecular flexibility index (Phi) is 5.27. The van der Waals surface area contributed by atoms with Gasteiger partial charge in [-0.3, -0.25) is 4.79 Å². The van der Waals surface area contributed by atoms with Crippen molar-refractivity contribution in [1.82, 2.24) is 19.9 Å². The predicted molar refractivity (Wildman–Crippen MR) is 111 cm³/mol. The van der Waals surface area contributed by atoms with Gasteiger partial charge in [0.2, 0.25) is 0 Å². The second-order valence-electron chi connectivity index (χ2n) is 6.73.